The molecule has 1 atom stereocenters. The van der Waals surface area contributed by atoms with E-state index in [4.69, 9.17) is 14.0 Å². The molecule has 1 aromatic heterocycles. The number of anilines is 2. The molecule has 10 nitrogen and oxygen atoms in total. The second-order valence-corrected chi connectivity index (χ2v) is 10.6. The minimum Gasteiger partial charge on any atom is -0.493 e. The van der Waals surface area contributed by atoms with Crippen molar-refractivity contribution in [2.24, 2.45) is 0 Å². The highest BCUT2D eigenvalue weighted by molar-refractivity contribution is 6.04. The van der Waals surface area contributed by atoms with Gasteiger partial charge in [0.25, 0.3) is 0 Å². The first kappa shape index (κ1) is 30.2. The predicted octanol–water partition coefficient (Wildman–Crippen LogP) is 5.02. The van der Waals surface area contributed by atoms with Gasteiger partial charge in [0.2, 0.25) is 17.7 Å². The number of methoxy groups -OCH3 is 2. The third-order valence-corrected chi connectivity index (χ3v) is 6.30. The molecule has 10 heteroatoms. The molecule has 40 heavy (non-hydrogen) atoms. The van der Waals surface area contributed by atoms with Gasteiger partial charge in [-0.25, -0.2) is 0 Å². The molecule has 3 rings (SSSR count). The van der Waals surface area contributed by atoms with Crippen LogP contribution in [0.5, 0.6) is 11.5 Å². The molecular weight excluding hydrogens is 512 g/mol. The van der Waals surface area contributed by atoms with Crippen molar-refractivity contribution in [2.45, 2.75) is 66.0 Å². The molecule has 2 aromatic carbocycles. The van der Waals surface area contributed by atoms with Crippen LogP contribution in [0.4, 0.5) is 11.5 Å². The van der Waals surface area contributed by atoms with Gasteiger partial charge in [0.05, 0.1) is 14.2 Å². The molecule has 3 amide bonds. The second kappa shape index (κ2) is 12.7. The lowest BCUT2D eigenvalue weighted by molar-refractivity contribution is -0.128. The van der Waals surface area contributed by atoms with E-state index in [1.807, 2.05) is 46.8 Å². The summed E-state index contributed by atoms with van der Waals surface area (Å²) in [7, 11) is 2.99. The number of aromatic nitrogens is 1. The molecule has 0 aliphatic rings. The zero-order chi connectivity index (χ0) is 29.6. The summed E-state index contributed by atoms with van der Waals surface area (Å²) in [5.41, 5.74) is 2.18. The number of carbonyl (C=O) groups is 3. The highest BCUT2D eigenvalue weighted by Gasteiger charge is 2.37. The van der Waals surface area contributed by atoms with Gasteiger partial charge in [-0.3, -0.25) is 19.3 Å². The van der Waals surface area contributed by atoms with Crippen LogP contribution in [0.15, 0.2) is 47.0 Å². The van der Waals surface area contributed by atoms with Gasteiger partial charge in [-0.2, -0.15) is 0 Å². The lowest BCUT2D eigenvalue weighted by atomic mass is 9.97. The number of aryl methyl sites for hydroxylation is 2. The standard InChI is InChI=1S/C30H38N4O6/c1-18-11-9-13-22(20(18)3)34(26(36)16-15-25(35)31-24-17-19(2)40-33-24)27(29(37)32-30(4,5)6)21-12-10-14-23(38-7)28(21)39-8/h9-14,17,27H,15-16H2,1-8H3,(H,32,37)(H,31,33,35)/t27-/m0/s1. The van der Waals surface area contributed by atoms with E-state index in [0.29, 0.717) is 28.5 Å². The Hall–Kier alpha value is -4.34. The summed E-state index contributed by atoms with van der Waals surface area (Å²) < 4.78 is 16.2. The molecule has 1 heterocycles. The number of ether oxygens (including phenoxy) is 2. The maximum atomic E-state index is 14.1. The van der Waals surface area contributed by atoms with Crippen LogP contribution >= 0.6 is 0 Å². The lowest BCUT2D eigenvalue weighted by Gasteiger charge is -2.35. The highest BCUT2D eigenvalue weighted by Crippen LogP contribution is 2.40. The first-order chi connectivity index (χ1) is 18.9. The Labute approximate surface area is 235 Å². The molecule has 2 N–H and O–H groups in total. The van der Waals surface area contributed by atoms with Gasteiger partial charge in [-0.1, -0.05) is 29.4 Å². The van der Waals surface area contributed by atoms with Crippen LogP contribution < -0.4 is 25.0 Å². The van der Waals surface area contributed by atoms with Gasteiger partial charge >= 0.3 is 0 Å². The van der Waals surface area contributed by atoms with E-state index < -0.39 is 29.3 Å². The van der Waals surface area contributed by atoms with Crippen molar-refractivity contribution in [3.63, 3.8) is 0 Å². The number of hydrogen-bond donors (Lipinski definition) is 2. The third kappa shape index (κ3) is 7.19. The lowest BCUT2D eigenvalue weighted by Crippen LogP contribution is -2.50. The monoisotopic (exact) mass is 550 g/mol. The average Bonchev–Trinajstić information content (AvgIpc) is 3.30. The quantitative estimate of drug-likeness (QED) is 0.363. The van der Waals surface area contributed by atoms with Gasteiger partial charge < -0.3 is 24.6 Å². The molecule has 0 aliphatic carbocycles. The SMILES string of the molecule is COc1cccc([C@@H](C(=O)NC(C)(C)C)N(C(=O)CCC(=O)Nc2cc(C)on2)c2cccc(C)c2C)c1OC. The fourth-order valence-corrected chi connectivity index (χ4v) is 4.35. The molecular formula is C30H38N4O6. The van der Waals surface area contributed by atoms with Crippen molar-refractivity contribution in [1.29, 1.82) is 0 Å². The Kier molecular flexibility index (Phi) is 9.57. The Morgan fingerprint density at radius 1 is 1.00 bits per heavy atom. The second-order valence-electron chi connectivity index (χ2n) is 10.6. The largest absolute Gasteiger partial charge is 0.493 e. The van der Waals surface area contributed by atoms with Crippen LogP contribution in [0.25, 0.3) is 0 Å². The van der Waals surface area contributed by atoms with Crippen molar-refractivity contribution >= 4 is 29.2 Å². The van der Waals surface area contributed by atoms with Gasteiger partial charge in [0.15, 0.2) is 17.3 Å². The summed E-state index contributed by atoms with van der Waals surface area (Å²) in [5.74, 6) is 0.343. The maximum Gasteiger partial charge on any atom is 0.248 e. The fourth-order valence-electron chi connectivity index (χ4n) is 4.35. The van der Waals surface area contributed by atoms with Gasteiger partial charge in [-0.15, -0.1) is 0 Å². The zero-order valence-corrected chi connectivity index (χ0v) is 24.4. The summed E-state index contributed by atoms with van der Waals surface area (Å²) in [4.78, 5) is 42.2. The van der Waals surface area contributed by atoms with E-state index >= 15 is 0 Å². The molecule has 0 fully saturated rings. The van der Waals surface area contributed by atoms with E-state index in [1.165, 1.54) is 19.1 Å². The van der Waals surface area contributed by atoms with Crippen molar-refractivity contribution in [1.82, 2.24) is 10.5 Å². The van der Waals surface area contributed by atoms with Crippen LogP contribution in [-0.2, 0) is 14.4 Å². The maximum absolute atomic E-state index is 14.1. The molecule has 0 unspecified atom stereocenters. The number of benzene rings is 2. The molecule has 214 valence electrons. The van der Waals surface area contributed by atoms with Crippen molar-refractivity contribution in [3.8, 4) is 11.5 Å². The molecule has 0 spiro atoms. The van der Waals surface area contributed by atoms with E-state index in [0.717, 1.165) is 11.1 Å². The number of hydrogen-bond acceptors (Lipinski definition) is 7. The van der Waals surface area contributed by atoms with E-state index in [9.17, 15) is 14.4 Å². The highest BCUT2D eigenvalue weighted by atomic mass is 16.5. The Bertz CT molecular complexity index is 1370. The summed E-state index contributed by atoms with van der Waals surface area (Å²) in [6, 6.07) is 11.2. The molecule has 0 aliphatic heterocycles. The molecule has 0 bridgehead atoms. The zero-order valence-electron chi connectivity index (χ0n) is 24.4. The third-order valence-electron chi connectivity index (χ3n) is 6.30. The number of amides is 3. The minimum absolute atomic E-state index is 0.130. The fraction of sp³-hybridized carbons (Fsp3) is 0.400. The van der Waals surface area contributed by atoms with Crippen LogP contribution in [0.3, 0.4) is 0 Å². The molecule has 0 saturated heterocycles. The number of para-hydroxylation sites is 1. The van der Waals surface area contributed by atoms with Gasteiger partial charge in [-0.05, 0) is 64.8 Å². The Balaban J connectivity index is 2.11. The van der Waals surface area contributed by atoms with Gasteiger partial charge in [0, 0.05) is 35.7 Å². The summed E-state index contributed by atoms with van der Waals surface area (Å²) in [5, 5.41) is 9.42. The van der Waals surface area contributed by atoms with E-state index in [2.05, 4.69) is 15.8 Å². The normalized spacial score (nSPS) is 11.9. The van der Waals surface area contributed by atoms with Gasteiger partial charge in [0.1, 0.15) is 11.8 Å². The number of rotatable bonds is 10. The Morgan fingerprint density at radius 3 is 2.30 bits per heavy atom. The first-order valence-corrected chi connectivity index (χ1v) is 13.0. The smallest absolute Gasteiger partial charge is 0.248 e. The summed E-state index contributed by atoms with van der Waals surface area (Å²) in [6.45, 7) is 11.1. The first-order valence-electron chi connectivity index (χ1n) is 13.0. The molecule has 0 saturated carbocycles. The van der Waals surface area contributed by atoms with Crippen molar-refractivity contribution in [2.75, 3.05) is 24.4 Å². The van der Waals surface area contributed by atoms with Crippen LogP contribution in [0, 0.1) is 20.8 Å². The van der Waals surface area contributed by atoms with Crippen LogP contribution in [-0.4, -0.2) is 42.6 Å². The summed E-state index contributed by atoms with van der Waals surface area (Å²) >= 11 is 0. The number of carbonyl (C=O) groups excluding carboxylic acids is 3. The van der Waals surface area contributed by atoms with Crippen molar-refractivity contribution in [3.05, 3.63) is 64.9 Å². The molecule has 3 aromatic rings. The topological polar surface area (TPSA) is 123 Å². The minimum atomic E-state index is -1.13. The Morgan fingerprint density at radius 2 is 1.70 bits per heavy atom. The summed E-state index contributed by atoms with van der Waals surface area (Å²) in [6.07, 6.45) is -0.295. The number of nitrogens with zero attached hydrogens (tertiary/aromatic N) is 2. The van der Waals surface area contributed by atoms with E-state index in [1.54, 1.807) is 37.3 Å². The van der Waals surface area contributed by atoms with Crippen LogP contribution in [0.2, 0.25) is 0 Å². The van der Waals surface area contributed by atoms with E-state index in [-0.39, 0.29) is 18.7 Å². The number of nitrogens with one attached hydrogen (secondary N) is 2. The predicted molar refractivity (Wildman–Crippen MR) is 153 cm³/mol. The molecule has 0 radical (unpaired) electrons. The average molecular weight is 551 g/mol. The van der Waals surface area contributed by atoms with Crippen LogP contribution in [0.1, 0.15) is 62.1 Å². The van der Waals surface area contributed by atoms with Crippen molar-refractivity contribution < 1.29 is 28.4 Å².